The van der Waals surface area contributed by atoms with Crippen LogP contribution in [-0.4, -0.2) is 37.2 Å². The van der Waals surface area contributed by atoms with Crippen molar-refractivity contribution in [2.45, 2.75) is 45.7 Å². The molecule has 1 heterocycles. The molecule has 0 aliphatic carbocycles. The lowest BCUT2D eigenvalue weighted by atomic mass is 10.1. The van der Waals surface area contributed by atoms with E-state index >= 15 is 0 Å². The van der Waals surface area contributed by atoms with E-state index < -0.39 is 0 Å². The van der Waals surface area contributed by atoms with Gasteiger partial charge in [0.25, 0.3) is 0 Å². The Bertz CT molecular complexity index is 390. The fourth-order valence-corrected chi connectivity index (χ4v) is 2.99. The van der Waals surface area contributed by atoms with Crippen molar-refractivity contribution in [1.29, 1.82) is 0 Å². The van der Waals surface area contributed by atoms with E-state index in [1.54, 1.807) is 0 Å². The van der Waals surface area contributed by atoms with Crippen LogP contribution in [0.2, 0.25) is 0 Å². The molecule has 2 atom stereocenters. The first-order chi connectivity index (χ1) is 9.74. The molecule has 1 aromatic carbocycles. The summed E-state index contributed by atoms with van der Waals surface area (Å²) < 4.78 is 5.48. The van der Waals surface area contributed by atoms with Crippen LogP contribution in [0.15, 0.2) is 24.3 Å². The Balaban J connectivity index is 1.83. The summed E-state index contributed by atoms with van der Waals surface area (Å²) >= 11 is 0. The lowest BCUT2D eigenvalue weighted by Crippen LogP contribution is -2.38. The van der Waals surface area contributed by atoms with Gasteiger partial charge in [-0.25, -0.2) is 0 Å². The Hall–Kier alpha value is -1.06. The fraction of sp³-hybridized carbons (Fsp3) is 0.647. The van der Waals surface area contributed by atoms with Crippen molar-refractivity contribution >= 4 is 0 Å². The second-order valence-electron chi connectivity index (χ2n) is 5.56. The molecule has 2 unspecified atom stereocenters. The quantitative estimate of drug-likeness (QED) is 0.827. The molecule has 3 nitrogen and oxygen atoms in total. The van der Waals surface area contributed by atoms with Crippen molar-refractivity contribution in [3.63, 3.8) is 0 Å². The third-order valence-electron chi connectivity index (χ3n) is 4.26. The molecule has 1 N–H and O–H groups in total. The summed E-state index contributed by atoms with van der Waals surface area (Å²) in [7, 11) is 0. The molecular formula is C17H28N2O. The van der Waals surface area contributed by atoms with Crippen molar-refractivity contribution in [2.75, 3.05) is 26.2 Å². The molecule has 1 fully saturated rings. The molecule has 0 bridgehead atoms. The van der Waals surface area contributed by atoms with E-state index in [1.165, 1.54) is 31.5 Å². The minimum Gasteiger partial charge on any atom is -0.494 e. The number of likely N-dealkylation sites (tertiary alicyclic amines) is 1. The van der Waals surface area contributed by atoms with Gasteiger partial charge in [-0.1, -0.05) is 19.1 Å². The van der Waals surface area contributed by atoms with E-state index in [2.05, 4.69) is 48.3 Å². The molecule has 112 valence electrons. The first-order valence-corrected chi connectivity index (χ1v) is 7.94. The number of benzene rings is 1. The Kier molecular flexibility index (Phi) is 5.86. The average molecular weight is 276 g/mol. The summed E-state index contributed by atoms with van der Waals surface area (Å²) in [5, 5.41) is 3.67. The highest BCUT2D eigenvalue weighted by molar-refractivity contribution is 5.28. The Morgan fingerprint density at radius 3 is 2.70 bits per heavy atom. The number of rotatable bonds is 7. The monoisotopic (exact) mass is 276 g/mol. The molecule has 3 heteroatoms. The van der Waals surface area contributed by atoms with E-state index in [9.17, 15) is 0 Å². The number of hydrogen-bond donors (Lipinski definition) is 1. The van der Waals surface area contributed by atoms with E-state index in [1.807, 2.05) is 6.92 Å². The van der Waals surface area contributed by atoms with Crippen LogP contribution < -0.4 is 10.1 Å². The lowest BCUT2D eigenvalue weighted by Gasteiger charge is -2.25. The number of nitrogens with zero attached hydrogens (tertiary/aromatic N) is 1. The van der Waals surface area contributed by atoms with Gasteiger partial charge in [0.05, 0.1) is 6.61 Å². The summed E-state index contributed by atoms with van der Waals surface area (Å²) in [5.41, 5.74) is 1.33. The molecule has 1 aliphatic heterocycles. The second-order valence-corrected chi connectivity index (χ2v) is 5.56. The van der Waals surface area contributed by atoms with Gasteiger partial charge in [-0.3, -0.25) is 4.90 Å². The normalized spacial score (nSPS) is 21.1. The Morgan fingerprint density at radius 1 is 1.30 bits per heavy atom. The number of likely N-dealkylation sites (N-methyl/N-ethyl adjacent to an activating group) is 1. The van der Waals surface area contributed by atoms with E-state index in [-0.39, 0.29) is 0 Å². The summed E-state index contributed by atoms with van der Waals surface area (Å²) in [6.45, 7) is 10.8. The molecule has 0 saturated carbocycles. The first-order valence-electron chi connectivity index (χ1n) is 7.94. The zero-order chi connectivity index (χ0) is 14.4. The van der Waals surface area contributed by atoms with Gasteiger partial charge in [0.1, 0.15) is 5.75 Å². The average Bonchev–Trinajstić information content (AvgIpc) is 2.93. The highest BCUT2D eigenvalue weighted by atomic mass is 16.5. The maximum Gasteiger partial charge on any atom is 0.119 e. The predicted octanol–water partition coefficient (Wildman–Crippen LogP) is 3.22. The predicted molar refractivity (Wildman–Crippen MR) is 84.3 cm³/mol. The van der Waals surface area contributed by atoms with Gasteiger partial charge in [0.2, 0.25) is 0 Å². The van der Waals surface area contributed by atoms with Gasteiger partial charge in [-0.05, 0) is 57.5 Å². The van der Waals surface area contributed by atoms with Crippen molar-refractivity contribution < 1.29 is 4.74 Å². The topological polar surface area (TPSA) is 24.5 Å². The molecule has 0 amide bonds. The molecular weight excluding hydrogens is 248 g/mol. The molecule has 0 spiro atoms. The summed E-state index contributed by atoms with van der Waals surface area (Å²) in [4.78, 5) is 2.58. The van der Waals surface area contributed by atoms with Crippen LogP contribution in [0.1, 0.15) is 45.2 Å². The van der Waals surface area contributed by atoms with Crippen LogP contribution in [-0.2, 0) is 0 Å². The smallest absolute Gasteiger partial charge is 0.119 e. The minimum absolute atomic E-state index is 0.394. The lowest BCUT2D eigenvalue weighted by molar-refractivity contribution is 0.255. The van der Waals surface area contributed by atoms with Crippen LogP contribution >= 0.6 is 0 Å². The van der Waals surface area contributed by atoms with Gasteiger partial charge >= 0.3 is 0 Å². The van der Waals surface area contributed by atoms with Crippen molar-refractivity contribution in [3.05, 3.63) is 29.8 Å². The van der Waals surface area contributed by atoms with Gasteiger partial charge in [-0.15, -0.1) is 0 Å². The van der Waals surface area contributed by atoms with Gasteiger partial charge < -0.3 is 10.1 Å². The number of hydrogen-bond acceptors (Lipinski definition) is 3. The Labute approximate surface area is 123 Å². The third-order valence-corrected chi connectivity index (χ3v) is 4.26. The zero-order valence-electron chi connectivity index (χ0n) is 13.1. The third kappa shape index (κ3) is 3.97. The molecule has 0 radical (unpaired) electrons. The SMILES string of the molecule is CCOc1ccc(C(C)NCC2CCCN2CC)cc1. The number of nitrogens with one attached hydrogen (secondary N) is 1. The minimum atomic E-state index is 0.394. The zero-order valence-corrected chi connectivity index (χ0v) is 13.1. The molecule has 1 saturated heterocycles. The maximum atomic E-state index is 5.48. The molecule has 0 aromatic heterocycles. The summed E-state index contributed by atoms with van der Waals surface area (Å²) in [5.74, 6) is 0.955. The van der Waals surface area contributed by atoms with Crippen LogP contribution in [0.3, 0.4) is 0 Å². The molecule has 1 aliphatic rings. The van der Waals surface area contributed by atoms with Gasteiger partial charge in [0, 0.05) is 18.6 Å². The molecule has 20 heavy (non-hydrogen) atoms. The Morgan fingerprint density at radius 2 is 2.05 bits per heavy atom. The highest BCUT2D eigenvalue weighted by Gasteiger charge is 2.22. The van der Waals surface area contributed by atoms with Gasteiger partial charge in [-0.2, -0.15) is 0 Å². The van der Waals surface area contributed by atoms with Gasteiger partial charge in [0.15, 0.2) is 0 Å². The first kappa shape index (κ1) is 15.3. The van der Waals surface area contributed by atoms with Crippen LogP contribution in [0, 0.1) is 0 Å². The van der Waals surface area contributed by atoms with E-state index in [4.69, 9.17) is 4.74 Å². The standard InChI is InChI=1S/C17H28N2O/c1-4-19-12-6-7-16(19)13-18-14(3)15-8-10-17(11-9-15)20-5-2/h8-11,14,16,18H,4-7,12-13H2,1-3H3. The van der Waals surface area contributed by atoms with E-state index in [0.717, 1.165) is 18.9 Å². The molecule has 1 aromatic rings. The van der Waals surface area contributed by atoms with Crippen molar-refractivity contribution in [1.82, 2.24) is 10.2 Å². The number of ether oxygens (including phenoxy) is 1. The van der Waals surface area contributed by atoms with Crippen molar-refractivity contribution in [2.24, 2.45) is 0 Å². The maximum absolute atomic E-state index is 5.48. The van der Waals surface area contributed by atoms with Crippen molar-refractivity contribution in [3.8, 4) is 5.75 Å². The van der Waals surface area contributed by atoms with Crippen LogP contribution in [0.5, 0.6) is 5.75 Å². The molecule has 2 rings (SSSR count). The van der Waals surface area contributed by atoms with E-state index in [0.29, 0.717) is 12.1 Å². The summed E-state index contributed by atoms with van der Waals surface area (Å²) in [6, 6.07) is 9.55. The summed E-state index contributed by atoms with van der Waals surface area (Å²) in [6.07, 6.45) is 2.68. The van der Waals surface area contributed by atoms with Crippen LogP contribution in [0.4, 0.5) is 0 Å². The second kappa shape index (κ2) is 7.65. The largest absolute Gasteiger partial charge is 0.494 e. The highest BCUT2D eigenvalue weighted by Crippen LogP contribution is 2.20. The van der Waals surface area contributed by atoms with Crippen LogP contribution in [0.25, 0.3) is 0 Å². The fourth-order valence-electron chi connectivity index (χ4n) is 2.99.